The number of fused-ring (bicyclic) bond motifs is 2. The van der Waals surface area contributed by atoms with Gasteiger partial charge in [-0.2, -0.15) is 0 Å². The highest BCUT2D eigenvalue weighted by Crippen LogP contribution is 2.56. The predicted octanol–water partition coefficient (Wildman–Crippen LogP) is 4.35. The van der Waals surface area contributed by atoms with Crippen LogP contribution in [0.4, 0.5) is 0 Å². The van der Waals surface area contributed by atoms with Crippen molar-refractivity contribution in [2.75, 3.05) is 0 Å². The van der Waals surface area contributed by atoms with Crippen LogP contribution >= 0.6 is 22.6 Å². The molecule has 2 nitrogen and oxygen atoms in total. The van der Waals surface area contributed by atoms with Gasteiger partial charge in [0.2, 0.25) is 0 Å². The van der Waals surface area contributed by atoms with Crippen molar-refractivity contribution in [3.05, 3.63) is 0 Å². The molecule has 0 aliphatic heterocycles. The van der Waals surface area contributed by atoms with Crippen molar-refractivity contribution >= 4 is 28.6 Å². The molecule has 0 saturated heterocycles. The van der Waals surface area contributed by atoms with Crippen LogP contribution in [-0.2, 0) is 9.53 Å². The first-order valence-corrected chi connectivity index (χ1v) is 8.32. The highest BCUT2D eigenvalue weighted by atomic mass is 127. The van der Waals surface area contributed by atoms with E-state index in [0.29, 0.717) is 11.8 Å². The number of rotatable bonds is 4. The monoisotopic (exact) mass is 364 g/mol. The van der Waals surface area contributed by atoms with Gasteiger partial charge in [0.15, 0.2) is 0 Å². The van der Waals surface area contributed by atoms with Crippen LogP contribution in [0.3, 0.4) is 0 Å². The zero-order valence-electron chi connectivity index (χ0n) is 12.0. The molecule has 2 rings (SSSR count). The first-order chi connectivity index (χ1) is 8.32. The summed E-state index contributed by atoms with van der Waals surface area (Å²) in [6.45, 7) is 8.46. The molecule has 0 heterocycles. The van der Waals surface area contributed by atoms with E-state index >= 15 is 0 Å². The summed E-state index contributed by atoms with van der Waals surface area (Å²) >= 11 is 2.24. The molecule has 0 radical (unpaired) electrons. The van der Waals surface area contributed by atoms with E-state index in [0.717, 1.165) is 18.8 Å². The molecule has 2 saturated carbocycles. The number of hydrogen-bond donors (Lipinski definition) is 0. The lowest BCUT2D eigenvalue weighted by atomic mass is 9.76. The molecule has 2 bridgehead atoms. The normalized spacial score (nSPS) is 37.9. The Balaban J connectivity index is 2.16. The second-order valence-electron chi connectivity index (χ2n) is 6.63. The van der Waals surface area contributed by atoms with Crippen LogP contribution in [0.15, 0.2) is 0 Å². The largest absolute Gasteiger partial charge is 0.458 e. The molecule has 0 amide bonds. The van der Waals surface area contributed by atoms with Crippen molar-refractivity contribution in [3.63, 3.8) is 0 Å². The minimum absolute atomic E-state index is 0.00755. The third kappa shape index (κ3) is 2.32. The van der Waals surface area contributed by atoms with E-state index in [1.165, 1.54) is 19.3 Å². The molecule has 0 aromatic rings. The van der Waals surface area contributed by atoms with Crippen LogP contribution in [0.5, 0.6) is 0 Å². The van der Waals surface area contributed by atoms with Gasteiger partial charge in [-0.3, -0.25) is 4.79 Å². The maximum atomic E-state index is 12.4. The van der Waals surface area contributed by atoms with E-state index in [-0.39, 0.29) is 15.0 Å². The van der Waals surface area contributed by atoms with Gasteiger partial charge in [-0.1, -0.05) is 43.4 Å². The Bertz CT molecular complexity index is 337. The predicted molar refractivity (Wildman–Crippen MR) is 81.8 cm³/mol. The van der Waals surface area contributed by atoms with Crippen molar-refractivity contribution < 1.29 is 9.53 Å². The maximum Gasteiger partial charge on any atom is 0.322 e. The average Bonchev–Trinajstić information content (AvgIpc) is 2.89. The van der Waals surface area contributed by atoms with Crippen LogP contribution in [0.2, 0.25) is 0 Å². The fourth-order valence-electron chi connectivity index (χ4n) is 3.70. The number of hydrogen-bond acceptors (Lipinski definition) is 2. The molecule has 0 spiro atoms. The second-order valence-corrected chi connectivity index (χ2v) is 9.01. The van der Waals surface area contributed by atoms with E-state index in [4.69, 9.17) is 4.74 Å². The van der Waals surface area contributed by atoms with E-state index < -0.39 is 0 Å². The van der Waals surface area contributed by atoms with Crippen LogP contribution in [0, 0.1) is 17.8 Å². The minimum atomic E-state index is -0.374. The first-order valence-electron chi connectivity index (χ1n) is 7.24. The fraction of sp³-hybridized carbons (Fsp3) is 0.933. The standard InChI is InChI=1S/C15H25IO2/c1-5-14(4,16)13(17)18-15(10(2)3)9-11-6-7-12(15)8-11/h10-12H,5-9H2,1-4H3. The molecule has 18 heavy (non-hydrogen) atoms. The summed E-state index contributed by atoms with van der Waals surface area (Å²) in [5.74, 6) is 1.83. The third-order valence-corrected chi connectivity index (χ3v) is 6.39. The quantitative estimate of drug-likeness (QED) is 0.421. The zero-order chi connectivity index (χ0) is 13.6. The fourth-order valence-corrected chi connectivity index (χ4v) is 3.81. The maximum absolute atomic E-state index is 12.4. The second kappa shape index (κ2) is 4.95. The van der Waals surface area contributed by atoms with Crippen molar-refractivity contribution in [1.82, 2.24) is 0 Å². The molecule has 0 aromatic heterocycles. The van der Waals surface area contributed by atoms with E-state index in [2.05, 4.69) is 43.4 Å². The summed E-state index contributed by atoms with van der Waals surface area (Å²) in [6.07, 6.45) is 5.79. The Labute approximate surface area is 124 Å². The number of alkyl halides is 1. The lowest BCUT2D eigenvalue weighted by Gasteiger charge is -2.42. The molecule has 2 aliphatic carbocycles. The van der Waals surface area contributed by atoms with E-state index in [1.807, 2.05) is 6.92 Å². The van der Waals surface area contributed by atoms with Crippen LogP contribution < -0.4 is 0 Å². The number of halogens is 1. The summed E-state index contributed by atoms with van der Waals surface area (Å²) in [5, 5.41) is 0. The number of carbonyl (C=O) groups excluding carboxylic acids is 1. The summed E-state index contributed by atoms with van der Waals surface area (Å²) in [5.41, 5.74) is -0.165. The van der Waals surface area contributed by atoms with Crippen molar-refractivity contribution in [2.45, 2.75) is 68.8 Å². The first kappa shape index (κ1) is 14.6. The van der Waals surface area contributed by atoms with E-state index in [9.17, 15) is 4.79 Å². The van der Waals surface area contributed by atoms with Gasteiger partial charge in [-0.05, 0) is 56.8 Å². The average molecular weight is 364 g/mol. The molecule has 2 aliphatic rings. The smallest absolute Gasteiger partial charge is 0.322 e. The molecule has 0 N–H and O–H groups in total. The van der Waals surface area contributed by atoms with Gasteiger partial charge in [-0.15, -0.1) is 0 Å². The number of carbonyl (C=O) groups is 1. The van der Waals surface area contributed by atoms with Crippen molar-refractivity contribution in [1.29, 1.82) is 0 Å². The lowest BCUT2D eigenvalue weighted by molar-refractivity contribution is -0.175. The van der Waals surface area contributed by atoms with Gasteiger partial charge in [0.1, 0.15) is 9.02 Å². The van der Waals surface area contributed by atoms with Gasteiger partial charge in [-0.25, -0.2) is 0 Å². The van der Waals surface area contributed by atoms with Gasteiger partial charge < -0.3 is 4.74 Å². The van der Waals surface area contributed by atoms with Gasteiger partial charge in [0.25, 0.3) is 0 Å². The molecular weight excluding hydrogens is 339 g/mol. The highest BCUT2D eigenvalue weighted by Gasteiger charge is 2.56. The molecular formula is C15H25IO2. The Hall–Kier alpha value is 0.200. The summed E-state index contributed by atoms with van der Waals surface area (Å²) in [4.78, 5) is 12.4. The van der Waals surface area contributed by atoms with Crippen molar-refractivity contribution in [3.8, 4) is 0 Å². The SMILES string of the molecule is CCC(C)(I)C(=O)OC1(C(C)C)CC2CCC1C2. The van der Waals surface area contributed by atoms with Crippen LogP contribution in [0.1, 0.15) is 59.8 Å². The molecule has 4 atom stereocenters. The van der Waals surface area contributed by atoms with Gasteiger partial charge >= 0.3 is 5.97 Å². The van der Waals surface area contributed by atoms with Gasteiger partial charge in [0, 0.05) is 0 Å². The molecule has 104 valence electrons. The Morgan fingerprint density at radius 2 is 2.17 bits per heavy atom. The molecule has 2 fully saturated rings. The summed E-state index contributed by atoms with van der Waals surface area (Å²) < 4.78 is 5.73. The van der Waals surface area contributed by atoms with Crippen molar-refractivity contribution in [2.24, 2.45) is 17.8 Å². The zero-order valence-corrected chi connectivity index (χ0v) is 14.1. The van der Waals surface area contributed by atoms with Gasteiger partial charge in [0.05, 0.1) is 0 Å². The molecule has 4 unspecified atom stereocenters. The Kier molecular flexibility index (Phi) is 4.02. The van der Waals surface area contributed by atoms with Crippen LogP contribution in [0.25, 0.3) is 0 Å². The number of esters is 1. The summed E-state index contributed by atoms with van der Waals surface area (Å²) in [7, 11) is 0. The Morgan fingerprint density at radius 3 is 2.56 bits per heavy atom. The topological polar surface area (TPSA) is 26.3 Å². The minimum Gasteiger partial charge on any atom is -0.458 e. The highest BCUT2D eigenvalue weighted by molar-refractivity contribution is 14.1. The van der Waals surface area contributed by atoms with Crippen LogP contribution in [-0.4, -0.2) is 15.0 Å². The molecule has 3 heteroatoms. The van der Waals surface area contributed by atoms with E-state index in [1.54, 1.807) is 0 Å². The lowest BCUT2D eigenvalue weighted by Crippen LogP contribution is -2.48. The molecule has 0 aromatic carbocycles. The number of ether oxygens (including phenoxy) is 1. The third-order valence-electron chi connectivity index (χ3n) is 5.19. The summed E-state index contributed by atoms with van der Waals surface area (Å²) in [6, 6.07) is 0. The Morgan fingerprint density at radius 1 is 1.50 bits per heavy atom.